The SMILES string of the molecule is Cn1ncc(C2CCN(C(=O)[C@@H]3CC[C@@H]4CCCCC(NC(=O)c5cc6cc(C(F)P(=O)(O)O)ccc6s5)C(=O)N43)C2)cc1=O. The zero-order valence-corrected chi connectivity index (χ0v) is 26.4. The number of nitrogens with one attached hydrogen (secondary N) is 1. The third kappa shape index (κ3) is 6.33. The summed E-state index contributed by atoms with van der Waals surface area (Å²) in [6.45, 7) is 0.967. The van der Waals surface area contributed by atoms with E-state index in [-0.39, 0.29) is 39.8 Å². The molecule has 6 rings (SSSR count). The van der Waals surface area contributed by atoms with Gasteiger partial charge in [-0.3, -0.25) is 23.7 Å². The van der Waals surface area contributed by atoms with E-state index in [0.29, 0.717) is 48.9 Å². The molecule has 45 heavy (non-hydrogen) atoms. The second-order valence-electron chi connectivity index (χ2n) is 12.2. The van der Waals surface area contributed by atoms with E-state index < -0.39 is 31.5 Å². The molecule has 0 radical (unpaired) electrons. The van der Waals surface area contributed by atoms with Gasteiger partial charge in [-0.1, -0.05) is 18.9 Å². The molecule has 2 aromatic heterocycles. The van der Waals surface area contributed by atoms with Gasteiger partial charge in [0, 0.05) is 42.9 Å². The van der Waals surface area contributed by atoms with Crippen LogP contribution in [0, 0.1) is 0 Å². The summed E-state index contributed by atoms with van der Waals surface area (Å²) >= 11 is 1.13. The Bertz CT molecular complexity index is 1760. The first-order chi connectivity index (χ1) is 21.4. The van der Waals surface area contributed by atoms with E-state index in [9.17, 15) is 37.9 Å². The maximum Gasteiger partial charge on any atom is 0.363 e. The summed E-state index contributed by atoms with van der Waals surface area (Å²) < 4.78 is 27.5. The summed E-state index contributed by atoms with van der Waals surface area (Å²) in [5.41, 5.74) is 0.413. The van der Waals surface area contributed by atoms with Crippen LogP contribution in [0.4, 0.5) is 4.39 Å². The highest BCUT2D eigenvalue weighted by Gasteiger charge is 2.46. The summed E-state index contributed by atoms with van der Waals surface area (Å²) in [6.07, 6.45) is 6.45. The van der Waals surface area contributed by atoms with Crippen molar-refractivity contribution in [2.75, 3.05) is 13.1 Å². The molecule has 3 saturated heterocycles. The van der Waals surface area contributed by atoms with Gasteiger partial charge in [0.1, 0.15) is 12.1 Å². The molecule has 3 unspecified atom stereocenters. The average molecular weight is 660 g/mol. The third-order valence-electron chi connectivity index (χ3n) is 9.22. The Morgan fingerprint density at radius 2 is 1.87 bits per heavy atom. The minimum absolute atomic E-state index is 0.00686. The molecular weight excluding hydrogens is 624 g/mol. The lowest BCUT2D eigenvalue weighted by Gasteiger charge is -2.36. The lowest BCUT2D eigenvalue weighted by molar-refractivity contribution is -0.146. The van der Waals surface area contributed by atoms with Crippen LogP contribution >= 0.6 is 18.9 Å². The van der Waals surface area contributed by atoms with Crippen molar-refractivity contribution in [3.63, 3.8) is 0 Å². The number of hydrogen-bond acceptors (Lipinski definition) is 7. The van der Waals surface area contributed by atoms with Crippen LogP contribution in [0.25, 0.3) is 10.1 Å². The number of halogens is 1. The molecule has 12 nitrogen and oxygen atoms in total. The lowest BCUT2D eigenvalue weighted by atomic mass is 9.99. The van der Waals surface area contributed by atoms with Crippen molar-refractivity contribution >= 4 is 46.7 Å². The van der Waals surface area contributed by atoms with Crippen LogP contribution in [0.3, 0.4) is 0 Å². The second-order valence-corrected chi connectivity index (χ2v) is 14.9. The maximum atomic E-state index is 14.3. The van der Waals surface area contributed by atoms with Gasteiger partial charge in [-0.05, 0) is 66.8 Å². The Labute approximate surface area is 262 Å². The van der Waals surface area contributed by atoms with Crippen LogP contribution in [0.1, 0.15) is 77.6 Å². The molecule has 240 valence electrons. The molecule has 3 aliphatic rings. The first-order valence-corrected chi connectivity index (χ1v) is 17.6. The third-order valence-corrected chi connectivity index (χ3v) is 11.2. The number of aromatic nitrogens is 2. The van der Waals surface area contributed by atoms with Gasteiger partial charge in [-0.25, -0.2) is 9.07 Å². The van der Waals surface area contributed by atoms with Crippen LogP contribution in [0.15, 0.2) is 41.3 Å². The predicted molar refractivity (Wildman–Crippen MR) is 165 cm³/mol. The van der Waals surface area contributed by atoms with Crippen molar-refractivity contribution in [3.05, 3.63) is 62.9 Å². The highest BCUT2D eigenvalue weighted by molar-refractivity contribution is 7.51. The number of fused-ring (bicyclic) bond motifs is 2. The van der Waals surface area contributed by atoms with Crippen LogP contribution in [-0.4, -0.2) is 78.3 Å². The number of benzene rings is 1. The molecule has 5 atom stereocenters. The topological polar surface area (TPSA) is 162 Å². The summed E-state index contributed by atoms with van der Waals surface area (Å²) in [4.78, 5) is 75.5. The highest BCUT2D eigenvalue weighted by Crippen LogP contribution is 2.53. The van der Waals surface area contributed by atoms with Crippen LogP contribution in [0.5, 0.6) is 0 Å². The van der Waals surface area contributed by atoms with Crippen molar-refractivity contribution in [2.45, 2.75) is 74.9 Å². The largest absolute Gasteiger partial charge is 0.363 e. The van der Waals surface area contributed by atoms with Gasteiger partial charge < -0.3 is 24.9 Å². The monoisotopic (exact) mass is 659 g/mol. The van der Waals surface area contributed by atoms with Gasteiger partial charge >= 0.3 is 7.60 Å². The fraction of sp³-hybridized carbons (Fsp3) is 0.500. The first-order valence-electron chi connectivity index (χ1n) is 15.1. The number of likely N-dealkylation sites (tertiary alicyclic amines) is 1. The molecule has 5 heterocycles. The Kier molecular flexibility index (Phi) is 8.68. The van der Waals surface area contributed by atoms with E-state index in [1.165, 1.54) is 28.9 Å². The molecule has 3 amide bonds. The molecule has 3 aromatic rings. The molecule has 0 bridgehead atoms. The number of aryl methyl sites for hydroxylation is 1. The van der Waals surface area contributed by atoms with Crippen molar-refractivity contribution in [1.29, 1.82) is 0 Å². The standard InChI is InChI=1S/C30H35FN5O7PS/c1-34-26(37)14-20(15-32-34)18-10-11-35(16-18)30(40)23-8-7-21-4-2-3-5-22(29(39)36(21)23)33-28(38)25-13-19-12-17(6-9-24(19)45-25)27(31)44(41,42)43/h6,9,12-15,18,21-23,27H,2-5,7-8,10-11,16H2,1H3,(H,33,38)(H2,41,42,43)/t18?,21-,22?,23-,27?/m0/s1. The maximum absolute atomic E-state index is 14.3. The predicted octanol–water partition coefficient (Wildman–Crippen LogP) is 3.19. The van der Waals surface area contributed by atoms with E-state index >= 15 is 0 Å². The van der Waals surface area contributed by atoms with Crippen molar-refractivity contribution in [1.82, 2.24) is 24.9 Å². The van der Waals surface area contributed by atoms with Gasteiger partial charge in [0.05, 0.1) is 11.1 Å². The molecule has 0 spiro atoms. The second kappa shape index (κ2) is 12.4. The number of rotatable bonds is 6. The van der Waals surface area contributed by atoms with Gasteiger partial charge in [-0.2, -0.15) is 5.10 Å². The van der Waals surface area contributed by atoms with Crippen LogP contribution < -0.4 is 10.9 Å². The average Bonchev–Trinajstić information content (AvgIpc) is 3.76. The van der Waals surface area contributed by atoms with Crippen molar-refractivity contribution in [2.24, 2.45) is 7.05 Å². The molecule has 15 heteroatoms. The van der Waals surface area contributed by atoms with Crippen LogP contribution in [0.2, 0.25) is 0 Å². The first kappa shape index (κ1) is 31.5. The number of thiophene rings is 1. The smallest absolute Gasteiger partial charge is 0.340 e. The zero-order chi connectivity index (χ0) is 32.0. The molecule has 0 saturated carbocycles. The number of amides is 3. The number of hydrogen-bond donors (Lipinski definition) is 3. The highest BCUT2D eigenvalue weighted by atomic mass is 32.1. The van der Waals surface area contributed by atoms with Gasteiger partial charge in [-0.15, -0.1) is 11.3 Å². The van der Waals surface area contributed by atoms with Gasteiger partial charge in [0.15, 0.2) is 0 Å². The number of nitrogens with zero attached hydrogens (tertiary/aromatic N) is 4. The van der Waals surface area contributed by atoms with Crippen molar-refractivity contribution < 1.29 is 33.1 Å². The van der Waals surface area contributed by atoms with Gasteiger partial charge in [0.25, 0.3) is 11.5 Å². The van der Waals surface area contributed by atoms with E-state index in [4.69, 9.17) is 0 Å². The lowest BCUT2D eigenvalue weighted by Crippen LogP contribution is -2.56. The quantitative estimate of drug-likeness (QED) is 0.340. The van der Waals surface area contributed by atoms with Crippen LogP contribution in [-0.2, 0) is 21.2 Å². The summed E-state index contributed by atoms with van der Waals surface area (Å²) in [5.74, 6) is -3.34. The Morgan fingerprint density at radius 3 is 2.62 bits per heavy atom. The minimum atomic E-state index is -4.98. The zero-order valence-electron chi connectivity index (χ0n) is 24.7. The Morgan fingerprint density at radius 1 is 1.09 bits per heavy atom. The molecule has 0 aliphatic carbocycles. The van der Waals surface area contributed by atoms with E-state index in [1.807, 2.05) is 0 Å². The summed E-state index contributed by atoms with van der Waals surface area (Å²) in [7, 11) is -3.40. The van der Waals surface area contributed by atoms with E-state index in [0.717, 1.165) is 36.2 Å². The summed E-state index contributed by atoms with van der Waals surface area (Å²) in [6, 6.07) is 5.66. The fourth-order valence-electron chi connectivity index (χ4n) is 6.80. The molecule has 3 aliphatic heterocycles. The molecule has 3 fully saturated rings. The Balaban J connectivity index is 1.16. The van der Waals surface area contributed by atoms with Gasteiger partial charge in [0.2, 0.25) is 17.7 Å². The van der Waals surface area contributed by atoms with E-state index in [2.05, 4.69) is 10.4 Å². The molecular formula is C30H35FN5O7PS. The van der Waals surface area contributed by atoms with Crippen molar-refractivity contribution in [3.8, 4) is 0 Å². The minimum Gasteiger partial charge on any atom is -0.340 e. The number of carbonyl (C=O) groups is 3. The number of alkyl halides is 1. The van der Waals surface area contributed by atoms with E-state index in [1.54, 1.807) is 29.1 Å². The fourth-order valence-corrected chi connectivity index (χ4v) is 8.30. The number of carbonyl (C=O) groups excluding carboxylic acids is 3. The summed E-state index contributed by atoms with van der Waals surface area (Å²) in [5, 5.41) is 7.45. The molecule has 3 N–H and O–H groups in total. The molecule has 1 aromatic carbocycles. The normalized spacial score (nSPS) is 24.8. The Hall–Kier alpha value is -3.45.